The van der Waals surface area contributed by atoms with E-state index in [1.807, 2.05) is 67.6 Å². The van der Waals surface area contributed by atoms with Crippen LogP contribution < -0.4 is 21.0 Å². The Bertz CT molecular complexity index is 6080. The maximum absolute atomic E-state index is 13.0. The number of para-hydroxylation sites is 2. The molecule has 0 fully saturated rings. The van der Waals surface area contributed by atoms with E-state index in [0.717, 1.165) is 67.7 Å². The van der Waals surface area contributed by atoms with Crippen LogP contribution in [-0.4, -0.2) is 93.4 Å². The van der Waals surface area contributed by atoms with Crippen molar-refractivity contribution >= 4 is 85.7 Å². The molecule has 0 spiro atoms. The van der Waals surface area contributed by atoms with E-state index < -0.39 is 35.2 Å². The molecule has 622 valence electrons. The van der Waals surface area contributed by atoms with E-state index in [1.165, 1.54) is 136 Å². The normalized spacial score (nSPS) is 13.7. The number of H-pyrrole nitrogens is 2. The lowest BCUT2D eigenvalue weighted by atomic mass is 9.88. The van der Waals surface area contributed by atoms with E-state index >= 15 is 0 Å². The summed E-state index contributed by atoms with van der Waals surface area (Å²) >= 11 is 3.43. The first kappa shape index (κ1) is 84.8. The summed E-state index contributed by atoms with van der Waals surface area (Å²) in [5.74, 6) is -2.81. The Morgan fingerprint density at radius 3 is 1.20 bits per heavy atom. The van der Waals surface area contributed by atoms with Crippen molar-refractivity contribution in [2.75, 3.05) is 16.5 Å². The van der Waals surface area contributed by atoms with Crippen molar-refractivity contribution in [2.24, 2.45) is 25.6 Å². The van der Waals surface area contributed by atoms with Gasteiger partial charge in [-0.25, -0.2) is 28.8 Å². The Morgan fingerprint density at radius 1 is 0.443 bits per heavy atom. The van der Waals surface area contributed by atoms with Crippen LogP contribution in [-0.2, 0) is 96.1 Å². The molecule has 10 aromatic carbocycles. The minimum Gasteiger partial charge on any atom is -0.505 e. The number of aromatic hydroxyl groups is 2. The fraction of sp³-hybridized carbons (Fsp3) is 0.258. The highest BCUT2D eigenvalue weighted by Crippen LogP contribution is 2.41. The van der Waals surface area contributed by atoms with Crippen LogP contribution in [0, 0.1) is 13.8 Å². The quantitative estimate of drug-likeness (QED) is 0.0436. The van der Waals surface area contributed by atoms with Crippen LogP contribution >= 0.6 is 15.9 Å². The second kappa shape index (κ2) is 36.1. The van der Waals surface area contributed by atoms with Crippen molar-refractivity contribution in [3.63, 3.8) is 0 Å². The highest BCUT2D eigenvalue weighted by atomic mass is 79.9. The molecule has 0 atom stereocenters. The number of esters is 1. The number of carboxylic acids is 2. The monoisotopic (exact) mass is 1700 g/mol. The van der Waals surface area contributed by atoms with Gasteiger partial charge < -0.3 is 29.9 Å². The fourth-order valence-electron chi connectivity index (χ4n) is 14.7. The Kier molecular flexibility index (Phi) is 25.1. The molecule has 25 heteroatoms. The van der Waals surface area contributed by atoms with Gasteiger partial charge in [-0.15, -0.1) is 20.5 Å². The number of aromatic amines is 2. The molecule has 2 amide bonds. The zero-order valence-electron chi connectivity index (χ0n) is 69.3. The van der Waals surface area contributed by atoms with Gasteiger partial charge in [-0.2, -0.15) is 5.10 Å². The van der Waals surface area contributed by atoms with Crippen LogP contribution in [0.1, 0.15) is 154 Å². The molecule has 0 saturated heterocycles. The number of fused-ring (bicyclic) bond motifs is 6. The number of hydrazone groups is 1. The van der Waals surface area contributed by atoms with Crippen LogP contribution in [0.4, 0.5) is 38.9 Å². The second-order valence-electron chi connectivity index (χ2n) is 32.8. The van der Waals surface area contributed by atoms with E-state index in [0.29, 0.717) is 45.7 Å². The Labute approximate surface area is 713 Å². The number of aryl methyl sites for hydroxylation is 14. The molecule has 122 heavy (non-hydrogen) atoms. The van der Waals surface area contributed by atoms with E-state index in [1.54, 1.807) is 127 Å². The number of aromatic carboxylic acids is 2. The van der Waals surface area contributed by atoms with Crippen molar-refractivity contribution in [1.29, 1.82) is 0 Å². The van der Waals surface area contributed by atoms with E-state index in [4.69, 9.17) is 9.47 Å². The van der Waals surface area contributed by atoms with Crippen molar-refractivity contribution in [2.45, 2.75) is 157 Å². The number of nitrogens with one attached hydrogen (secondary N) is 2. The van der Waals surface area contributed by atoms with Gasteiger partial charge in [0.25, 0.3) is 17.0 Å². The fourth-order valence-corrected chi connectivity index (χ4v) is 15.1. The predicted molar refractivity (Wildman–Crippen MR) is 474 cm³/mol. The van der Waals surface area contributed by atoms with Gasteiger partial charge in [0, 0.05) is 27.0 Å². The predicted octanol–water partition coefficient (Wildman–Crippen LogP) is 20.2. The Morgan fingerprint density at radius 2 is 0.828 bits per heavy atom. The summed E-state index contributed by atoms with van der Waals surface area (Å²) < 4.78 is 14.9. The van der Waals surface area contributed by atoms with Crippen LogP contribution in [0.5, 0.6) is 11.5 Å². The summed E-state index contributed by atoms with van der Waals surface area (Å²) in [7, 11) is 0. The number of hydrogen-bond donors (Lipinski definition) is 6. The number of phenolic OH excluding ortho intramolecular Hbond substituents is 2. The number of aromatic nitrogens is 4. The number of hydrogen-bond acceptors (Lipinski definition) is 16. The minimum atomic E-state index is -1.06. The summed E-state index contributed by atoms with van der Waals surface area (Å²) in [5.41, 5.74) is 22.4. The van der Waals surface area contributed by atoms with E-state index in [9.17, 15) is 54.0 Å². The van der Waals surface area contributed by atoms with Crippen LogP contribution in [0.25, 0.3) is 33.6 Å². The van der Waals surface area contributed by atoms with Gasteiger partial charge in [0.1, 0.15) is 29.1 Å². The van der Waals surface area contributed by atoms with Gasteiger partial charge in [0.05, 0.1) is 46.0 Å². The smallest absolute Gasteiger partial charge is 0.415 e. The molecule has 19 rings (SSSR count). The van der Waals surface area contributed by atoms with Crippen molar-refractivity contribution in [3.8, 4) is 45.1 Å². The topological polar surface area (TPSA) is 329 Å². The summed E-state index contributed by atoms with van der Waals surface area (Å²) in [6.45, 7) is 16.0. The lowest BCUT2D eigenvalue weighted by molar-refractivity contribution is -0.153. The molecular weight excluding hydrogens is 1610 g/mol. The lowest BCUT2D eigenvalue weighted by Crippen LogP contribution is -2.42. The van der Waals surface area contributed by atoms with Crippen molar-refractivity contribution < 1.29 is 53.9 Å². The molecule has 1 aliphatic heterocycles. The molecule has 0 saturated carbocycles. The maximum atomic E-state index is 13.0. The number of carbonyl (C=O) groups excluding carboxylic acids is 3. The third kappa shape index (κ3) is 19.8. The molecular formula is C97H94BrN11O13. The van der Waals surface area contributed by atoms with Gasteiger partial charge in [0.15, 0.2) is 22.9 Å². The van der Waals surface area contributed by atoms with Gasteiger partial charge in [-0.1, -0.05) is 119 Å². The summed E-state index contributed by atoms with van der Waals surface area (Å²) in [4.78, 5) is 86.2. The average molecular weight is 1700 g/mol. The van der Waals surface area contributed by atoms with Crippen LogP contribution in [0.2, 0.25) is 0 Å². The largest absolute Gasteiger partial charge is 0.505 e. The standard InChI is InChI=1S/2C25H20N4O4.C19H27NO4.C12H12N2O.C8H7Br.C8H8/c2*1-14-22(24(31)29(28-14)19-11-10-15-8-9-16(15)13-19)27-26-21-7-3-6-20(23(21)30)17-4-2-5-18(12-17)25(32)33;1-18(2,3)23-16(21)12-20(17(22)24-19(4,5)6)15-10-9-13-7-8-14(13)11-15;1-8-6-12(15)14(13-8)11-5-4-9-2-3-10(9)7-11;9-8-4-3-6-1-2-7(6)5-8;1-2-4-8-6-5-7(8)3-1/h2*2-7,10-13,28,30H,8-9H2,1H3,(H,32,33);9-11H,7-8,12H2,1-6H3;4-5,7H,2-3,6H2,1H3;3-5H,1-2H2;1-4H,5-6H2. The molecule has 12 aromatic rings. The molecule has 6 N–H and O–H groups in total. The van der Waals surface area contributed by atoms with Crippen LogP contribution in [0.3, 0.4) is 0 Å². The third-order valence-electron chi connectivity index (χ3n) is 21.8. The summed E-state index contributed by atoms with van der Waals surface area (Å²) in [5, 5.41) is 68.3. The number of azo groups is 2. The number of benzene rings is 10. The van der Waals surface area contributed by atoms with Crippen molar-refractivity contribution in [1.82, 2.24) is 19.6 Å². The molecule has 0 unspecified atom stereocenters. The highest BCUT2D eigenvalue weighted by Gasteiger charge is 2.31. The van der Waals surface area contributed by atoms with Gasteiger partial charge in [-0.05, 0) is 314 Å². The number of carbonyl (C=O) groups is 5. The molecule has 7 aliphatic rings. The number of halogens is 1. The number of nitrogens with zero attached hydrogens (tertiary/aromatic N) is 9. The van der Waals surface area contributed by atoms with Gasteiger partial charge in [-0.3, -0.25) is 34.3 Å². The van der Waals surface area contributed by atoms with E-state index in [2.05, 4.69) is 106 Å². The number of carboxylic acid groups (broad SMARTS) is 2. The molecule has 6 aliphatic carbocycles. The zero-order valence-corrected chi connectivity index (χ0v) is 70.9. The summed E-state index contributed by atoms with van der Waals surface area (Å²) in [6.07, 6.45) is 13.6. The number of amides is 2. The van der Waals surface area contributed by atoms with Crippen LogP contribution in [0.15, 0.2) is 240 Å². The van der Waals surface area contributed by atoms with Crippen molar-refractivity contribution in [3.05, 3.63) is 315 Å². The minimum absolute atomic E-state index is 0.0757. The number of ether oxygens (including phenoxy) is 2. The number of anilines is 2. The van der Waals surface area contributed by atoms with E-state index in [-0.39, 0.29) is 68.9 Å². The van der Waals surface area contributed by atoms with Gasteiger partial charge in [0.2, 0.25) is 0 Å². The average Bonchev–Trinajstić information content (AvgIpc) is 1.66. The third-order valence-corrected chi connectivity index (χ3v) is 22.3. The molecule has 3 heterocycles. The first-order valence-electron chi connectivity index (χ1n) is 40.6. The Balaban J connectivity index is 0.000000127. The second-order valence-corrected chi connectivity index (χ2v) is 33.8. The first-order valence-corrected chi connectivity index (χ1v) is 41.3. The highest BCUT2D eigenvalue weighted by molar-refractivity contribution is 9.10. The number of rotatable bonds is 14. The summed E-state index contributed by atoms with van der Waals surface area (Å²) in [6, 6.07) is 61.3. The first-order chi connectivity index (χ1) is 58.3. The molecule has 0 bridgehead atoms. The van der Waals surface area contributed by atoms with Gasteiger partial charge >= 0.3 is 24.0 Å². The molecule has 0 radical (unpaired) electrons. The zero-order chi connectivity index (χ0) is 86.4. The number of phenols is 2. The maximum Gasteiger partial charge on any atom is 0.415 e. The molecule has 24 nitrogen and oxygen atoms in total. The molecule has 2 aromatic heterocycles. The Hall–Kier alpha value is -13.7. The SMILES string of the molecule is Brc1ccc2c(c1)CC2.CC(C)(C)OC(=O)CN(C(=O)OC(C)(C)C)c1ccc2c(c1)CC2.CC1=NN(c2ccc3c(c2)CC3)C(=O)C1.Cc1[nH]n(-c2ccc3c(c2)CC3)c(=O)c1N=Nc1cccc(-c2cccc(C(=O)O)c2)c1O.Cc1[nH]n(-c2ccc3c(c2)CC3)c(=O)c1N=Nc1cccc(-c2cccc(C(=O)O)c2)c1O.c1ccc2c(c1)CC2. The lowest BCUT2D eigenvalue weighted by Gasteiger charge is -2.29.